The van der Waals surface area contributed by atoms with Crippen LogP contribution in [0.3, 0.4) is 0 Å². The van der Waals surface area contributed by atoms with Gasteiger partial charge in [-0.15, -0.1) is 0 Å². The SMILES string of the molecule is C1CCNCC1.CNc1n[nH]c2ccc(OC(C)C)cc12.COC. The van der Waals surface area contributed by atoms with Crippen molar-refractivity contribution in [1.82, 2.24) is 15.5 Å². The summed E-state index contributed by atoms with van der Waals surface area (Å²) in [5.74, 6) is 1.72. The van der Waals surface area contributed by atoms with Crippen molar-refractivity contribution in [3.63, 3.8) is 0 Å². The first-order chi connectivity index (χ1) is 11.6. The van der Waals surface area contributed by atoms with Crippen LogP contribution in [0.4, 0.5) is 5.82 Å². The van der Waals surface area contributed by atoms with Gasteiger partial charge in [0.15, 0.2) is 5.82 Å². The molecule has 2 aromatic rings. The van der Waals surface area contributed by atoms with E-state index in [0.717, 1.165) is 22.5 Å². The summed E-state index contributed by atoms with van der Waals surface area (Å²) in [7, 11) is 5.10. The van der Waals surface area contributed by atoms with Crippen LogP contribution in [0, 0.1) is 0 Å². The molecule has 0 saturated carbocycles. The quantitative estimate of drug-likeness (QED) is 0.801. The van der Waals surface area contributed by atoms with Crippen LogP contribution in [-0.2, 0) is 4.74 Å². The maximum atomic E-state index is 5.62. The Hall–Kier alpha value is -1.79. The third-order valence-electron chi connectivity index (χ3n) is 3.35. The summed E-state index contributed by atoms with van der Waals surface area (Å²) in [6, 6.07) is 5.91. The molecule has 6 nitrogen and oxygen atoms in total. The van der Waals surface area contributed by atoms with E-state index >= 15 is 0 Å². The first-order valence-corrected chi connectivity index (χ1v) is 8.55. The number of anilines is 1. The number of fused-ring (bicyclic) bond motifs is 1. The molecule has 2 heterocycles. The van der Waals surface area contributed by atoms with Crippen LogP contribution in [0.5, 0.6) is 5.75 Å². The Bertz CT molecular complexity index is 554. The van der Waals surface area contributed by atoms with Crippen molar-refractivity contribution in [2.75, 3.05) is 39.7 Å². The molecule has 0 atom stereocenters. The van der Waals surface area contributed by atoms with Gasteiger partial charge in [-0.1, -0.05) is 6.42 Å². The number of H-pyrrole nitrogens is 1. The molecule has 1 aliphatic rings. The van der Waals surface area contributed by atoms with Gasteiger partial charge in [0, 0.05) is 26.7 Å². The van der Waals surface area contributed by atoms with Crippen LogP contribution in [-0.4, -0.2) is 50.7 Å². The average Bonchev–Trinajstić information content (AvgIpc) is 2.99. The largest absolute Gasteiger partial charge is 0.491 e. The molecule has 0 amide bonds. The third-order valence-corrected chi connectivity index (χ3v) is 3.35. The van der Waals surface area contributed by atoms with Crippen molar-refractivity contribution < 1.29 is 9.47 Å². The van der Waals surface area contributed by atoms with Crippen molar-refractivity contribution >= 4 is 16.7 Å². The lowest BCUT2D eigenvalue weighted by molar-refractivity contribution is 0.243. The van der Waals surface area contributed by atoms with Crippen molar-refractivity contribution in [3.8, 4) is 5.75 Å². The number of aromatic nitrogens is 2. The Morgan fingerprint density at radius 1 is 1.12 bits per heavy atom. The van der Waals surface area contributed by atoms with Gasteiger partial charge in [-0.05, 0) is 58.0 Å². The number of ether oxygens (including phenoxy) is 2. The van der Waals surface area contributed by atoms with Crippen LogP contribution in [0.1, 0.15) is 33.1 Å². The van der Waals surface area contributed by atoms with E-state index in [-0.39, 0.29) is 6.10 Å². The number of piperidine rings is 1. The van der Waals surface area contributed by atoms with E-state index in [1.807, 2.05) is 39.1 Å². The van der Waals surface area contributed by atoms with Gasteiger partial charge in [0.1, 0.15) is 5.75 Å². The van der Waals surface area contributed by atoms with E-state index in [1.165, 1.54) is 32.4 Å². The lowest BCUT2D eigenvalue weighted by Gasteiger charge is -2.09. The number of hydrogen-bond acceptors (Lipinski definition) is 5. The zero-order valence-electron chi connectivity index (χ0n) is 15.6. The van der Waals surface area contributed by atoms with Crippen LogP contribution < -0.4 is 15.4 Å². The van der Waals surface area contributed by atoms with Gasteiger partial charge in [-0.2, -0.15) is 5.10 Å². The Morgan fingerprint density at radius 2 is 1.79 bits per heavy atom. The molecule has 1 aliphatic heterocycles. The molecule has 1 fully saturated rings. The van der Waals surface area contributed by atoms with Crippen LogP contribution in [0.25, 0.3) is 10.9 Å². The summed E-state index contributed by atoms with van der Waals surface area (Å²) < 4.78 is 9.87. The fraction of sp³-hybridized carbons (Fsp3) is 0.611. The second-order valence-corrected chi connectivity index (χ2v) is 5.92. The third kappa shape index (κ3) is 7.19. The van der Waals surface area contributed by atoms with E-state index in [9.17, 15) is 0 Å². The molecule has 3 N–H and O–H groups in total. The minimum Gasteiger partial charge on any atom is -0.491 e. The molecule has 0 radical (unpaired) electrons. The van der Waals surface area contributed by atoms with Crippen LogP contribution in [0.2, 0.25) is 0 Å². The van der Waals surface area contributed by atoms with E-state index in [2.05, 4.69) is 25.6 Å². The van der Waals surface area contributed by atoms with E-state index in [1.54, 1.807) is 14.2 Å². The minimum absolute atomic E-state index is 0.187. The molecule has 0 aliphatic carbocycles. The molecule has 24 heavy (non-hydrogen) atoms. The molecular formula is C18H32N4O2. The molecule has 0 spiro atoms. The summed E-state index contributed by atoms with van der Waals surface area (Å²) in [5, 5.41) is 14.5. The highest BCUT2D eigenvalue weighted by Gasteiger charge is 2.05. The average molecular weight is 336 g/mol. The Labute approximate surface area is 145 Å². The normalized spacial score (nSPS) is 13.6. The molecule has 0 bridgehead atoms. The van der Waals surface area contributed by atoms with Gasteiger partial charge in [0.2, 0.25) is 0 Å². The topological polar surface area (TPSA) is 71.2 Å². The van der Waals surface area contributed by atoms with E-state index in [0.29, 0.717) is 0 Å². The molecule has 3 rings (SSSR count). The summed E-state index contributed by atoms with van der Waals surface area (Å²) in [6.07, 6.45) is 4.40. The predicted octanol–water partition coefficient (Wildman–Crippen LogP) is 3.41. The molecule has 1 aromatic carbocycles. The number of nitrogens with zero attached hydrogens (tertiary/aromatic N) is 1. The smallest absolute Gasteiger partial charge is 0.155 e. The number of aromatic amines is 1. The zero-order valence-corrected chi connectivity index (χ0v) is 15.6. The predicted molar refractivity (Wildman–Crippen MR) is 101 cm³/mol. The summed E-state index contributed by atoms with van der Waals surface area (Å²) in [6.45, 7) is 6.52. The van der Waals surface area contributed by atoms with Crippen molar-refractivity contribution in [3.05, 3.63) is 18.2 Å². The first-order valence-electron chi connectivity index (χ1n) is 8.55. The van der Waals surface area contributed by atoms with Gasteiger partial charge < -0.3 is 20.1 Å². The van der Waals surface area contributed by atoms with Crippen molar-refractivity contribution in [2.45, 2.75) is 39.2 Å². The summed E-state index contributed by atoms with van der Waals surface area (Å²) in [4.78, 5) is 0. The molecule has 1 aromatic heterocycles. The van der Waals surface area contributed by atoms with Gasteiger partial charge in [-0.3, -0.25) is 5.10 Å². The number of hydrogen-bond donors (Lipinski definition) is 3. The number of methoxy groups -OCH3 is 1. The Morgan fingerprint density at radius 3 is 2.25 bits per heavy atom. The fourth-order valence-electron chi connectivity index (χ4n) is 2.33. The van der Waals surface area contributed by atoms with Gasteiger partial charge in [0.05, 0.1) is 11.6 Å². The molecule has 136 valence electrons. The number of rotatable bonds is 3. The maximum absolute atomic E-state index is 5.62. The number of nitrogens with one attached hydrogen (secondary N) is 3. The van der Waals surface area contributed by atoms with Gasteiger partial charge >= 0.3 is 0 Å². The van der Waals surface area contributed by atoms with Crippen LogP contribution >= 0.6 is 0 Å². The monoisotopic (exact) mass is 336 g/mol. The Balaban J connectivity index is 0.000000265. The molecule has 0 unspecified atom stereocenters. The maximum Gasteiger partial charge on any atom is 0.155 e. The lowest BCUT2D eigenvalue weighted by Crippen LogP contribution is -2.21. The summed E-state index contributed by atoms with van der Waals surface area (Å²) >= 11 is 0. The fourth-order valence-corrected chi connectivity index (χ4v) is 2.33. The van der Waals surface area contributed by atoms with Gasteiger partial charge in [0.25, 0.3) is 0 Å². The van der Waals surface area contributed by atoms with Gasteiger partial charge in [-0.25, -0.2) is 0 Å². The standard InChI is InChI=1S/C11H15N3O.C5H11N.C2H6O/c1-7(2)15-8-4-5-10-9(6-8)11(12-3)14-13-10;1-2-4-6-5-3-1;1-3-2/h4-7H,1-3H3,(H2,12,13,14);6H,1-5H2;1-2H3. The molecule has 1 saturated heterocycles. The highest BCUT2D eigenvalue weighted by Crippen LogP contribution is 2.25. The van der Waals surface area contributed by atoms with Crippen molar-refractivity contribution in [2.24, 2.45) is 0 Å². The minimum atomic E-state index is 0.187. The van der Waals surface area contributed by atoms with Crippen molar-refractivity contribution in [1.29, 1.82) is 0 Å². The molecular weight excluding hydrogens is 304 g/mol. The zero-order chi connectivity index (χ0) is 17.8. The first kappa shape index (κ1) is 20.3. The summed E-state index contributed by atoms with van der Waals surface area (Å²) in [5.41, 5.74) is 1.01. The highest BCUT2D eigenvalue weighted by atomic mass is 16.5. The second-order valence-electron chi connectivity index (χ2n) is 5.92. The highest BCUT2D eigenvalue weighted by molar-refractivity contribution is 5.90. The number of benzene rings is 1. The van der Waals surface area contributed by atoms with Crippen LogP contribution in [0.15, 0.2) is 18.2 Å². The van der Waals surface area contributed by atoms with E-state index < -0.39 is 0 Å². The lowest BCUT2D eigenvalue weighted by atomic mass is 10.2. The second kappa shape index (κ2) is 11.7. The Kier molecular flexibility index (Phi) is 9.88. The van der Waals surface area contributed by atoms with E-state index in [4.69, 9.17) is 4.74 Å². The molecule has 6 heteroatoms.